The Morgan fingerprint density at radius 1 is 1.43 bits per heavy atom. The number of amides is 2. The van der Waals surface area contributed by atoms with E-state index in [-0.39, 0.29) is 36.4 Å². The molecule has 8 heteroatoms. The van der Waals surface area contributed by atoms with Crippen LogP contribution in [0, 0.1) is 11.8 Å². The van der Waals surface area contributed by atoms with Crippen LogP contribution in [0.1, 0.15) is 10.4 Å². The molecule has 124 valence electrons. The van der Waals surface area contributed by atoms with Gasteiger partial charge in [-0.1, -0.05) is 0 Å². The van der Waals surface area contributed by atoms with Gasteiger partial charge in [0.25, 0.3) is 5.91 Å². The number of fused-ring (bicyclic) bond motifs is 1. The number of nitrogens with zero attached hydrogens (tertiary/aromatic N) is 3. The van der Waals surface area contributed by atoms with Gasteiger partial charge in [0.05, 0.1) is 30.7 Å². The van der Waals surface area contributed by atoms with Crippen LogP contribution in [0.2, 0.25) is 0 Å². The molecule has 2 amide bonds. The number of hydrogen-bond acceptors (Lipinski definition) is 6. The Morgan fingerprint density at radius 2 is 2.30 bits per heavy atom. The maximum absolute atomic E-state index is 12.1. The fourth-order valence-corrected chi connectivity index (χ4v) is 3.18. The molecule has 3 heterocycles. The standard InChI is InChI=1S/C15H20N4O4/c1-22-9-14(20)19-6-12-11(8-23-13(12)7-19)4-16-15(21)10-2-3-17-18-5-10/h2-3,5,11-13H,4,6-9H2,1H3,(H,16,21)/t11-,12-,13-/m1/s1. The van der Waals surface area contributed by atoms with E-state index < -0.39 is 0 Å². The molecule has 2 aliphatic rings. The molecule has 1 aromatic rings. The maximum atomic E-state index is 12.1. The van der Waals surface area contributed by atoms with E-state index in [1.807, 2.05) is 0 Å². The number of hydrogen-bond donors (Lipinski definition) is 1. The fourth-order valence-electron chi connectivity index (χ4n) is 3.18. The van der Waals surface area contributed by atoms with Gasteiger partial charge in [0.2, 0.25) is 5.91 Å². The van der Waals surface area contributed by atoms with Gasteiger partial charge in [-0.2, -0.15) is 10.2 Å². The maximum Gasteiger partial charge on any atom is 0.252 e. The molecule has 23 heavy (non-hydrogen) atoms. The Balaban J connectivity index is 1.52. The molecule has 2 fully saturated rings. The minimum absolute atomic E-state index is 0.0175. The van der Waals surface area contributed by atoms with Crippen LogP contribution >= 0.6 is 0 Å². The molecule has 0 aromatic carbocycles. The number of likely N-dealkylation sites (tertiary alicyclic amines) is 1. The van der Waals surface area contributed by atoms with Crippen molar-refractivity contribution in [2.45, 2.75) is 6.10 Å². The van der Waals surface area contributed by atoms with Crippen LogP contribution in [-0.4, -0.2) is 73.0 Å². The van der Waals surface area contributed by atoms with Gasteiger partial charge in [-0.05, 0) is 6.07 Å². The number of carbonyl (C=O) groups is 2. The summed E-state index contributed by atoms with van der Waals surface area (Å²) in [5, 5.41) is 10.3. The number of ether oxygens (including phenoxy) is 2. The monoisotopic (exact) mass is 320 g/mol. The summed E-state index contributed by atoms with van der Waals surface area (Å²) in [6.07, 6.45) is 2.98. The molecule has 0 bridgehead atoms. The lowest BCUT2D eigenvalue weighted by Gasteiger charge is -2.20. The van der Waals surface area contributed by atoms with Crippen molar-refractivity contribution in [2.24, 2.45) is 11.8 Å². The van der Waals surface area contributed by atoms with Crippen molar-refractivity contribution in [3.8, 4) is 0 Å². The third kappa shape index (κ3) is 3.48. The van der Waals surface area contributed by atoms with E-state index in [9.17, 15) is 9.59 Å². The van der Waals surface area contributed by atoms with Crippen molar-refractivity contribution in [2.75, 3.05) is 40.0 Å². The molecule has 0 aliphatic carbocycles. The second kappa shape index (κ2) is 7.01. The van der Waals surface area contributed by atoms with Crippen LogP contribution in [0.25, 0.3) is 0 Å². The zero-order valence-electron chi connectivity index (χ0n) is 13.0. The van der Waals surface area contributed by atoms with Gasteiger partial charge in [0, 0.05) is 38.6 Å². The molecule has 3 atom stereocenters. The van der Waals surface area contributed by atoms with Gasteiger partial charge >= 0.3 is 0 Å². The first kappa shape index (κ1) is 15.8. The highest BCUT2D eigenvalue weighted by Gasteiger charge is 2.45. The van der Waals surface area contributed by atoms with Gasteiger partial charge in [-0.15, -0.1) is 0 Å². The first-order chi connectivity index (χ1) is 11.2. The topological polar surface area (TPSA) is 93.7 Å². The Labute approximate surface area is 134 Å². The van der Waals surface area contributed by atoms with E-state index in [1.165, 1.54) is 19.5 Å². The zero-order valence-corrected chi connectivity index (χ0v) is 13.0. The summed E-state index contributed by atoms with van der Waals surface area (Å²) in [4.78, 5) is 25.7. The molecule has 0 spiro atoms. The molecule has 0 saturated carbocycles. The highest BCUT2D eigenvalue weighted by molar-refractivity contribution is 5.93. The highest BCUT2D eigenvalue weighted by Crippen LogP contribution is 2.33. The quantitative estimate of drug-likeness (QED) is 0.773. The smallest absolute Gasteiger partial charge is 0.252 e. The van der Waals surface area contributed by atoms with E-state index in [2.05, 4.69) is 15.5 Å². The van der Waals surface area contributed by atoms with Crippen molar-refractivity contribution >= 4 is 11.8 Å². The van der Waals surface area contributed by atoms with Crippen molar-refractivity contribution in [3.63, 3.8) is 0 Å². The lowest BCUT2D eigenvalue weighted by molar-refractivity contribution is -0.134. The number of aromatic nitrogens is 2. The second-order valence-corrected chi connectivity index (χ2v) is 5.87. The van der Waals surface area contributed by atoms with Gasteiger partial charge < -0.3 is 19.7 Å². The van der Waals surface area contributed by atoms with E-state index in [0.29, 0.717) is 31.8 Å². The van der Waals surface area contributed by atoms with Crippen LogP contribution in [0.5, 0.6) is 0 Å². The predicted octanol–water partition coefficient (Wildman–Crippen LogP) is -0.674. The van der Waals surface area contributed by atoms with Crippen LogP contribution in [0.3, 0.4) is 0 Å². The highest BCUT2D eigenvalue weighted by atomic mass is 16.5. The Morgan fingerprint density at radius 3 is 3.04 bits per heavy atom. The largest absolute Gasteiger partial charge is 0.376 e. The number of carbonyl (C=O) groups excluding carboxylic acids is 2. The first-order valence-corrected chi connectivity index (χ1v) is 7.62. The minimum Gasteiger partial charge on any atom is -0.376 e. The lowest BCUT2D eigenvalue weighted by atomic mass is 9.93. The number of methoxy groups -OCH3 is 1. The summed E-state index contributed by atoms with van der Waals surface area (Å²) in [6.45, 7) is 2.48. The average molecular weight is 320 g/mol. The number of rotatable bonds is 5. The number of nitrogens with one attached hydrogen (secondary N) is 1. The van der Waals surface area contributed by atoms with E-state index in [0.717, 1.165) is 0 Å². The van der Waals surface area contributed by atoms with Gasteiger partial charge in [0.15, 0.2) is 0 Å². The third-order valence-electron chi connectivity index (χ3n) is 4.43. The molecule has 2 saturated heterocycles. The first-order valence-electron chi connectivity index (χ1n) is 7.62. The Bertz CT molecular complexity index is 568. The summed E-state index contributed by atoms with van der Waals surface area (Å²) >= 11 is 0. The Kier molecular flexibility index (Phi) is 4.82. The van der Waals surface area contributed by atoms with Crippen LogP contribution < -0.4 is 5.32 Å². The van der Waals surface area contributed by atoms with Crippen molar-refractivity contribution < 1.29 is 19.1 Å². The molecule has 1 N–H and O–H groups in total. The van der Waals surface area contributed by atoms with E-state index in [4.69, 9.17) is 9.47 Å². The molecule has 3 rings (SSSR count). The van der Waals surface area contributed by atoms with E-state index in [1.54, 1.807) is 11.0 Å². The van der Waals surface area contributed by atoms with Gasteiger partial charge in [-0.3, -0.25) is 9.59 Å². The molecular formula is C15H20N4O4. The predicted molar refractivity (Wildman–Crippen MR) is 79.5 cm³/mol. The Hall–Kier alpha value is -2.06. The molecule has 1 aromatic heterocycles. The third-order valence-corrected chi connectivity index (χ3v) is 4.43. The van der Waals surface area contributed by atoms with Gasteiger partial charge in [-0.25, -0.2) is 0 Å². The SMILES string of the molecule is COCC(=O)N1C[C@@H]2[C@H](CNC(=O)c3ccnnc3)CO[C@@H]2C1. The fraction of sp³-hybridized carbons (Fsp3) is 0.600. The average Bonchev–Trinajstić information content (AvgIpc) is 3.14. The van der Waals surface area contributed by atoms with Crippen LogP contribution in [0.4, 0.5) is 0 Å². The van der Waals surface area contributed by atoms with Crippen molar-refractivity contribution in [3.05, 3.63) is 24.0 Å². The molecular weight excluding hydrogens is 300 g/mol. The summed E-state index contributed by atoms with van der Waals surface area (Å²) in [6, 6.07) is 1.62. The van der Waals surface area contributed by atoms with Crippen LogP contribution in [-0.2, 0) is 14.3 Å². The molecule has 8 nitrogen and oxygen atoms in total. The van der Waals surface area contributed by atoms with Crippen molar-refractivity contribution in [1.82, 2.24) is 20.4 Å². The van der Waals surface area contributed by atoms with Crippen molar-refractivity contribution in [1.29, 1.82) is 0 Å². The molecule has 2 aliphatic heterocycles. The summed E-state index contributed by atoms with van der Waals surface area (Å²) in [7, 11) is 1.51. The molecule has 0 unspecified atom stereocenters. The minimum atomic E-state index is -0.173. The lowest BCUT2D eigenvalue weighted by Crippen LogP contribution is -2.36. The summed E-state index contributed by atoms with van der Waals surface area (Å²) in [5.74, 6) is 0.274. The summed E-state index contributed by atoms with van der Waals surface area (Å²) in [5.41, 5.74) is 0.485. The second-order valence-electron chi connectivity index (χ2n) is 5.87. The zero-order chi connectivity index (χ0) is 16.2. The summed E-state index contributed by atoms with van der Waals surface area (Å²) < 4.78 is 10.7. The van der Waals surface area contributed by atoms with E-state index >= 15 is 0 Å². The normalized spacial score (nSPS) is 26.1. The van der Waals surface area contributed by atoms with Gasteiger partial charge in [0.1, 0.15) is 6.61 Å². The van der Waals surface area contributed by atoms with Crippen LogP contribution in [0.15, 0.2) is 18.5 Å². The molecule has 0 radical (unpaired) electrons.